The predicted octanol–water partition coefficient (Wildman–Crippen LogP) is 3.10. The van der Waals surface area contributed by atoms with E-state index in [2.05, 4.69) is 10.2 Å². The number of aliphatic hydroxyl groups excluding tert-OH is 1. The van der Waals surface area contributed by atoms with Gasteiger partial charge in [-0.1, -0.05) is 30.3 Å². The standard InChI is InChI=1S/C26H29F3N4O4S/c27-26(28,29)38-32-11-9-31(10-12-32)14-17-3-1-4-18(13-17)16-37-22-6-2-5-19-20(22)15-33(25(19)36)21-7-8-23(34)30-24(21)35/h1-6,13,21,24,35H,7-12,14-16H2,(H,30,34). The summed E-state index contributed by atoms with van der Waals surface area (Å²) in [7, 11) is 0. The van der Waals surface area contributed by atoms with Gasteiger partial charge in [-0.25, -0.2) is 4.31 Å². The van der Waals surface area contributed by atoms with Gasteiger partial charge in [0, 0.05) is 62.2 Å². The summed E-state index contributed by atoms with van der Waals surface area (Å²) in [5, 5.41) is 12.8. The lowest BCUT2D eigenvalue weighted by Crippen LogP contribution is -2.55. The third-order valence-electron chi connectivity index (χ3n) is 7.05. The minimum Gasteiger partial charge on any atom is -0.489 e. The van der Waals surface area contributed by atoms with E-state index in [0.29, 0.717) is 57.0 Å². The van der Waals surface area contributed by atoms with Crippen LogP contribution in [0.5, 0.6) is 5.75 Å². The van der Waals surface area contributed by atoms with Crippen molar-refractivity contribution in [1.29, 1.82) is 0 Å². The Morgan fingerprint density at radius 1 is 1.05 bits per heavy atom. The number of piperazine rings is 1. The molecule has 3 heterocycles. The predicted molar refractivity (Wildman–Crippen MR) is 135 cm³/mol. The molecular formula is C26H29F3N4O4S. The lowest BCUT2D eigenvalue weighted by molar-refractivity contribution is -0.129. The fraction of sp³-hybridized carbons (Fsp3) is 0.462. The van der Waals surface area contributed by atoms with E-state index in [1.54, 1.807) is 17.0 Å². The molecule has 2 aromatic carbocycles. The number of nitrogens with one attached hydrogen (secondary N) is 1. The first-order valence-corrected chi connectivity index (χ1v) is 13.3. The summed E-state index contributed by atoms with van der Waals surface area (Å²) in [6, 6.07) is 12.7. The number of nitrogens with zero attached hydrogens (tertiary/aromatic N) is 3. The Morgan fingerprint density at radius 3 is 2.53 bits per heavy atom. The fourth-order valence-electron chi connectivity index (χ4n) is 5.19. The van der Waals surface area contributed by atoms with Crippen LogP contribution in [0, 0.1) is 0 Å². The minimum absolute atomic E-state index is 0.0532. The van der Waals surface area contributed by atoms with Gasteiger partial charge in [0.15, 0.2) is 0 Å². The molecule has 2 amide bonds. The van der Waals surface area contributed by atoms with Crippen LogP contribution < -0.4 is 10.1 Å². The van der Waals surface area contributed by atoms with Gasteiger partial charge in [-0.2, -0.15) is 13.2 Å². The molecule has 0 aromatic heterocycles. The zero-order valence-electron chi connectivity index (χ0n) is 20.6. The van der Waals surface area contributed by atoms with Gasteiger partial charge in [0.25, 0.3) is 5.91 Å². The third kappa shape index (κ3) is 6.25. The molecule has 2 fully saturated rings. The molecule has 3 aliphatic rings. The van der Waals surface area contributed by atoms with Gasteiger partial charge in [-0.3, -0.25) is 14.5 Å². The average molecular weight is 551 g/mol. The Labute approximate surface area is 222 Å². The van der Waals surface area contributed by atoms with Crippen LogP contribution in [-0.2, 0) is 24.5 Å². The zero-order valence-corrected chi connectivity index (χ0v) is 21.4. The van der Waals surface area contributed by atoms with E-state index in [0.717, 1.165) is 16.7 Å². The molecule has 38 heavy (non-hydrogen) atoms. The molecule has 0 saturated carbocycles. The molecule has 0 bridgehead atoms. The molecule has 0 aliphatic carbocycles. The molecule has 2 unspecified atom stereocenters. The van der Waals surface area contributed by atoms with Crippen molar-refractivity contribution in [3.05, 3.63) is 64.7 Å². The van der Waals surface area contributed by atoms with E-state index >= 15 is 0 Å². The summed E-state index contributed by atoms with van der Waals surface area (Å²) in [6.07, 6.45) is -0.455. The Bertz CT molecular complexity index is 1190. The first-order valence-electron chi connectivity index (χ1n) is 12.5. The topological polar surface area (TPSA) is 85.4 Å². The van der Waals surface area contributed by atoms with E-state index < -0.39 is 17.8 Å². The van der Waals surface area contributed by atoms with Gasteiger partial charge in [0.2, 0.25) is 5.91 Å². The summed E-state index contributed by atoms with van der Waals surface area (Å²) >= 11 is -0.0532. The Kier molecular flexibility index (Phi) is 7.85. The highest BCUT2D eigenvalue weighted by atomic mass is 32.2. The summed E-state index contributed by atoms with van der Waals surface area (Å²) in [4.78, 5) is 28.3. The number of aliphatic hydroxyl groups is 1. The monoisotopic (exact) mass is 550 g/mol. The van der Waals surface area contributed by atoms with Gasteiger partial charge in [0.1, 0.15) is 18.6 Å². The van der Waals surface area contributed by atoms with Crippen molar-refractivity contribution in [3.63, 3.8) is 0 Å². The molecule has 2 N–H and O–H groups in total. The summed E-state index contributed by atoms with van der Waals surface area (Å²) in [5.74, 6) is 0.171. The molecule has 8 nitrogen and oxygen atoms in total. The van der Waals surface area contributed by atoms with Crippen LogP contribution in [0.3, 0.4) is 0 Å². The fourth-order valence-corrected chi connectivity index (χ4v) is 5.83. The van der Waals surface area contributed by atoms with Crippen molar-refractivity contribution in [1.82, 2.24) is 19.4 Å². The number of halogens is 3. The molecule has 2 saturated heterocycles. The number of benzene rings is 2. The average Bonchev–Trinajstić information content (AvgIpc) is 3.20. The summed E-state index contributed by atoms with van der Waals surface area (Å²) < 4.78 is 45.3. The number of amides is 2. The SMILES string of the molecule is O=C1CCC(N2Cc3c(OCc4cccc(CN5CCN(SC(F)(F)F)CC5)c4)cccc3C2=O)C(O)N1. The Hall–Kier alpha value is -2.80. The van der Waals surface area contributed by atoms with Gasteiger partial charge < -0.3 is 20.1 Å². The van der Waals surface area contributed by atoms with Crippen LogP contribution in [-0.4, -0.2) is 75.0 Å². The number of carbonyl (C=O) groups is 2. The largest absolute Gasteiger partial charge is 0.489 e. The highest BCUT2D eigenvalue weighted by Crippen LogP contribution is 2.35. The van der Waals surface area contributed by atoms with E-state index in [1.165, 1.54) is 4.31 Å². The molecule has 0 spiro atoms. The lowest BCUT2D eigenvalue weighted by Gasteiger charge is -2.35. The number of piperidine rings is 1. The van der Waals surface area contributed by atoms with Crippen molar-refractivity contribution < 1.29 is 32.6 Å². The van der Waals surface area contributed by atoms with Gasteiger partial charge >= 0.3 is 5.51 Å². The maximum atomic E-state index is 13.1. The van der Waals surface area contributed by atoms with Gasteiger partial charge in [-0.05, 0) is 29.7 Å². The number of carbonyl (C=O) groups excluding carboxylic acids is 2. The molecular weight excluding hydrogens is 521 g/mol. The summed E-state index contributed by atoms with van der Waals surface area (Å²) in [5.41, 5.74) is -0.972. The van der Waals surface area contributed by atoms with E-state index in [4.69, 9.17) is 4.74 Å². The van der Waals surface area contributed by atoms with Crippen LogP contribution in [0.4, 0.5) is 13.2 Å². The van der Waals surface area contributed by atoms with E-state index in [1.807, 2.05) is 30.3 Å². The van der Waals surface area contributed by atoms with Crippen LogP contribution >= 0.6 is 11.9 Å². The molecule has 204 valence electrons. The number of fused-ring (bicyclic) bond motifs is 1. The lowest BCUT2D eigenvalue weighted by atomic mass is 10.0. The molecule has 2 atom stereocenters. The maximum Gasteiger partial charge on any atom is 0.456 e. The number of rotatable bonds is 7. The van der Waals surface area contributed by atoms with Gasteiger partial charge in [0.05, 0.1) is 12.6 Å². The van der Waals surface area contributed by atoms with Gasteiger partial charge in [-0.15, -0.1) is 0 Å². The first-order chi connectivity index (χ1) is 18.2. The number of alkyl halides is 3. The molecule has 0 radical (unpaired) electrons. The Morgan fingerprint density at radius 2 is 1.79 bits per heavy atom. The van der Waals surface area contributed by atoms with Crippen molar-refractivity contribution in [2.45, 2.75) is 50.3 Å². The number of hydrogen-bond acceptors (Lipinski definition) is 7. The second kappa shape index (κ2) is 11.1. The molecule has 12 heteroatoms. The number of ether oxygens (including phenoxy) is 1. The second-order valence-electron chi connectivity index (χ2n) is 9.68. The number of hydrogen-bond donors (Lipinski definition) is 2. The van der Waals surface area contributed by atoms with Crippen molar-refractivity contribution in [2.75, 3.05) is 26.2 Å². The Balaban J connectivity index is 1.18. The molecule has 2 aromatic rings. The van der Waals surface area contributed by atoms with Crippen LogP contribution in [0.25, 0.3) is 0 Å². The van der Waals surface area contributed by atoms with Crippen molar-refractivity contribution >= 4 is 23.8 Å². The molecule has 5 rings (SSSR count). The van der Waals surface area contributed by atoms with Crippen LogP contribution in [0.15, 0.2) is 42.5 Å². The zero-order chi connectivity index (χ0) is 26.9. The third-order valence-corrected chi connectivity index (χ3v) is 7.88. The van der Waals surface area contributed by atoms with Crippen molar-refractivity contribution in [3.8, 4) is 5.75 Å². The van der Waals surface area contributed by atoms with E-state index in [-0.39, 0.29) is 36.8 Å². The summed E-state index contributed by atoms with van der Waals surface area (Å²) in [6.45, 7) is 3.05. The normalized spacial score (nSPS) is 22.9. The minimum atomic E-state index is -4.25. The quantitative estimate of drug-likeness (QED) is 0.513. The van der Waals surface area contributed by atoms with Crippen LogP contribution in [0.2, 0.25) is 0 Å². The van der Waals surface area contributed by atoms with Crippen LogP contribution in [0.1, 0.15) is 39.9 Å². The first kappa shape index (κ1) is 26.8. The maximum absolute atomic E-state index is 13.1. The smallest absolute Gasteiger partial charge is 0.456 e. The highest BCUT2D eigenvalue weighted by Gasteiger charge is 2.40. The van der Waals surface area contributed by atoms with E-state index in [9.17, 15) is 27.9 Å². The second-order valence-corrected chi connectivity index (χ2v) is 10.8. The van der Waals surface area contributed by atoms with Crippen molar-refractivity contribution in [2.24, 2.45) is 0 Å². The highest BCUT2D eigenvalue weighted by molar-refractivity contribution is 7.97. The molecule has 3 aliphatic heterocycles.